The van der Waals surface area contributed by atoms with Gasteiger partial charge in [0.1, 0.15) is 66.5 Å². The lowest BCUT2D eigenvalue weighted by molar-refractivity contribution is -0.152. The molecular weight excluding hydrogens is 1010 g/mol. The van der Waals surface area contributed by atoms with Crippen molar-refractivity contribution in [2.75, 3.05) is 48.8 Å². The molecule has 11 amide bonds. The number of nitrogens with one attached hydrogen (secondary N) is 5. The number of amides is 11. The predicted molar refractivity (Wildman–Crippen MR) is 282 cm³/mol. The van der Waals surface area contributed by atoms with E-state index in [1.807, 2.05) is 0 Å². The van der Waals surface area contributed by atoms with Gasteiger partial charge in [0.2, 0.25) is 65.0 Å². The number of likely N-dealkylation sites (N-methyl/N-ethyl adjacent to an activating group) is 6. The Labute approximate surface area is 452 Å². The van der Waals surface area contributed by atoms with Crippen molar-refractivity contribution in [1.29, 1.82) is 0 Å². The van der Waals surface area contributed by atoms with Crippen LogP contribution in [0, 0.1) is 5.92 Å². The molecular formula is C50H88N12O15. The standard InChI is InChI=1S/C50H88N12O15/c1-20-21-22-24(2)40(67)39(45(72)56-38(34(12)64)35(13)65)62(19)49(76)32(10)61(18)48(75)28(6)55-44(71)31(9)60(17)46(73)26(4)53-41(68)25(3)52-43(70)30(8)59(16)47(74)27(5)54-42(69)29(7)58(15)36(66)23-57(14)50(77)37(51)33(11)63/h20-21,24-34,37-40,63-64,67H,22-23,51H2,1-19H3,(H,52,70)(H,53,68)(H,54,69)(H,55,71)(H,56,72)/b21-20+/t24?,25?,26?,27?,28?,29-,30?,31?,32?,33?,34?,37?,38?,39?,40?/m0/s1. The van der Waals surface area contributed by atoms with Crippen LogP contribution in [-0.2, 0) is 57.5 Å². The molecule has 0 fully saturated rings. The summed E-state index contributed by atoms with van der Waals surface area (Å²) in [4.78, 5) is 164. The maximum atomic E-state index is 13.9. The van der Waals surface area contributed by atoms with Gasteiger partial charge in [-0.1, -0.05) is 19.1 Å². The van der Waals surface area contributed by atoms with Crippen LogP contribution in [0.25, 0.3) is 0 Å². The van der Waals surface area contributed by atoms with Crippen molar-refractivity contribution < 1.29 is 72.9 Å². The van der Waals surface area contributed by atoms with E-state index >= 15 is 0 Å². The Balaban J connectivity index is 5.65. The molecule has 0 aromatic rings. The Morgan fingerprint density at radius 2 is 0.844 bits per heavy atom. The maximum absolute atomic E-state index is 13.9. The lowest BCUT2D eigenvalue weighted by Crippen LogP contribution is -2.62. The molecule has 27 nitrogen and oxygen atoms in total. The van der Waals surface area contributed by atoms with E-state index in [9.17, 15) is 72.9 Å². The van der Waals surface area contributed by atoms with Crippen molar-refractivity contribution >= 4 is 70.8 Å². The number of carbonyl (C=O) groups is 12. The quantitative estimate of drug-likeness (QED) is 0.0321. The van der Waals surface area contributed by atoms with Gasteiger partial charge in [-0.25, -0.2) is 0 Å². The minimum atomic E-state index is -1.56. The highest BCUT2D eigenvalue weighted by Gasteiger charge is 2.41. The predicted octanol–water partition coefficient (Wildman–Crippen LogP) is -4.20. The first kappa shape index (κ1) is 70.4. The van der Waals surface area contributed by atoms with E-state index in [0.29, 0.717) is 6.42 Å². The third-order valence-corrected chi connectivity index (χ3v) is 13.7. The van der Waals surface area contributed by atoms with Gasteiger partial charge in [0.15, 0.2) is 5.78 Å². The summed E-state index contributed by atoms with van der Waals surface area (Å²) in [7, 11) is 7.76. The molecule has 438 valence electrons. The van der Waals surface area contributed by atoms with E-state index < -0.39 is 168 Å². The zero-order valence-electron chi connectivity index (χ0n) is 48.2. The van der Waals surface area contributed by atoms with Crippen molar-refractivity contribution in [3.05, 3.63) is 12.2 Å². The highest BCUT2D eigenvalue weighted by molar-refractivity contribution is 5.99. The van der Waals surface area contributed by atoms with Crippen LogP contribution in [-0.4, -0.2) is 249 Å². The first-order valence-electron chi connectivity index (χ1n) is 25.3. The number of Topliss-reactive ketones (excluding diaryl/α,β-unsaturated/α-hetero) is 1. The van der Waals surface area contributed by atoms with E-state index in [4.69, 9.17) is 5.73 Å². The first-order chi connectivity index (χ1) is 35.3. The van der Waals surface area contributed by atoms with Crippen molar-refractivity contribution in [3.63, 3.8) is 0 Å². The fraction of sp³-hybridized carbons (Fsp3) is 0.720. The molecule has 14 unspecified atom stereocenters. The van der Waals surface area contributed by atoms with Gasteiger partial charge in [0, 0.05) is 42.3 Å². The third-order valence-electron chi connectivity index (χ3n) is 13.7. The van der Waals surface area contributed by atoms with Crippen LogP contribution >= 0.6 is 0 Å². The second kappa shape index (κ2) is 31.6. The second-order valence-electron chi connectivity index (χ2n) is 19.9. The van der Waals surface area contributed by atoms with Crippen LogP contribution in [0.4, 0.5) is 0 Å². The van der Waals surface area contributed by atoms with Crippen LogP contribution in [0.1, 0.15) is 96.4 Å². The number of hydrogen-bond donors (Lipinski definition) is 9. The third kappa shape index (κ3) is 20.1. The number of carbonyl (C=O) groups excluding carboxylic acids is 12. The van der Waals surface area contributed by atoms with E-state index in [2.05, 4.69) is 26.6 Å². The zero-order chi connectivity index (χ0) is 60.4. The van der Waals surface area contributed by atoms with E-state index in [1.54, 1.807) is 26.0 Å². The molecule has 0 aromatic carbocycles. The Morgan fingerprint density at radius 1 is 0.468 bits per heavy atom. The van der Waals surface area contributed by atoms with Crippen molar-refractivity contribution in [2.45, 2.75) is 181 Å². The summed E-state index contributed by atoms with van der Waals surface area (Å²) in [6.07, 6.45) is -0.0654. The summed E-state index contributed by atoms with van der Waals surface area (Å²) in [6, 6.07) is -13.9. The van der Waals surface area contributed by atoms with Crippen LogP contribution in [0.15, 0.2) is 12.2 Å². The van der Waals surface area contributed by atoms with Gasteiger partial charge >= 0.3 is 0 Å². The summed E-state index contributed by atoms with van der Waals surface area (Å²) in [6.45, 7) is 17.6. The summed E-state index contributed by atoms with van der Waals surface area (Å²) in [5, 5.41) is 43.5. The van der Waals surface area contributed by atoms with Gasteiger partial charge in [-0.2, -0.15) is 0 Å². The number of ketones is 1. The summed E-state index contributed by atoms with van der Waals surface area (Å²) >= 11 is 0. The van der Waals surface area contributed by atoms with E-state index in [-0.39, 0.29) is 0 Å². The van der Waals surface area contributed by atoms with Crippen LogP contribution in [0.3, 0.4) is 0 Å². The molecule has 0 heterocycles. The molecule has 0 aliphatic carbocycles. The van der Waals surface area contributed by atoms with Crippen LogP contribution < -0.4 is 32.3 Å². The fourth-order valence-electron chi connectivity index (χ4n) is 7.44. The SMILES string of the molecule is C/C=C/CC(C)C(O)C(C(=O)NC(C(C)=O)C(C)O)N(C)C(=O)C(C)N(C)C(=O)C(C)NC(=O)C(C)N(C)C(=O)C(C)NC(=O)C(C)NC(=O)C(C)N(C)C(=O)C(C)NC(=O)[C@H](C)N(C)C(=O)CN(C)C(=O)C(N)C(C)O. The Bertz CT molecular complexity index is 2160. The molecule has 0 aromatic heterocycles. The number of aliphatic hydroxyl groups excluding tert-OH is 3. The number of nitrogens with two attached hydrogens (primary N) is 1. The van der Waals surface area contributed by atoms with Crippen LogP contribution in [0.5, 0.6) is 0 Å². The minimum absolute atomic E-state index is 0.328. The molecule has 0 saturated carbocycles. The largest absolute Gasteiger partial charge is 0.391 e. The second-order valence-corrected chi connectivity index (χ2v) is 19.9. The van der Waals surface area contributed by atoms with Gasteiger partial charge in [-0.3, -0.25) is 57.5 Å². The van der Waals surface area contributed by atoms with Gasteiger partial charge in [-0.05, 0) is 95.4 Å². The molecule has 0 aliphatic rings. The van der Waals surface area contributed by atoms with E-state index in [0.717, 1.165) is 29.4 Å². The molecule has 0 radical (unpaired) electrons. The Kier molecular flexibility index (Phi) is 28.9. The van der Waals surface area contributed by atoms with Gasteiger partial charge < -0.3 is 77.0 Å². The van der Waals surface area contributed by atoms with Crippen molar-refractivity contribution in [2.24, 2.45) is 11.7 Å². The summed E-state index contributed by atoms with van der Waals surface area (Å²) in [5.74, 6) is -9.42. The number of nitrogens with zero attached hydrogens (tertiary/aromatic N) is 6. The van der Waals surface area contributed by atoms with E-state index in [1.165, 1.54) is 118 Å². The summed E-state index contributed by atoms with van der Waals surface area (Å²) < 4.78 is 0. The normalized spacial score (nSPS) is 17.2. The molecule has 0 rings (SSSR count). The van der Waals surface area contributed by atoms with Gasteiger partial charge in [-0.15, -0.1) is 0 Å². The fourth-order valence-corrected chi connectivity index (χ4v) is 7.44. The Hall–Kier alpha value is -6.58. The lowest BCUT2D eigenvalue weighted by atomic mass is 9.92. The lowest BCUT2D eigenvalue weighted by Gasteiger charge is -2.37. The molecule has 27 heteroatoms. The number of hydrogen-bond acceptors (Lipinski definition) is 16. The smallest absolute Gasteiger partial charge is 0.246 e. The number of aliphatic hydroxyl groups is 3. The maximum Gasteiger partial charge on any atom is 0.246 e. The monoisotopic (exact) mass is 1100 g/mol. The topological polar surface area (TPSA) is 371 Å². The molecule has 0 saturated heterocycles. The molecule has 15 atom stereocenters. The van der Waals surface area contributed by atoms with Gasteiger partial charge in [0.25, 0.3) is 0 Å². The number of rotatable bonds is 29. The summed E-state index contributed by atoms with van der Waals surface area (Å²) in [5.41, 5.74) is 5.67. The highest BCUT2D eigenvalue weighted by atomic mass is 16.3. The van der Waals surface area contributed by atoms with Gasteiger partial charge in [0.05, 0.1) is 24.9 Å². The molecule has 10 N–H and O–H groups in total. The van der Waals surface area contributed by atoms with Crippen molar-refractivity contribution in [1.82, 2.24) is 56.0 Å². The average molecular weight is 1100 g/mol. The van der Waals surface area contributed by atoms with Crippen molar-refractivity contribution in [3.8, 4) is 0 Å². The first-order valence-corrected chi connectivity index (χ1v) is 25.3. The molecule has 0 aliphatic heterocycles. The average Bonchev–Trinajstić information content (AvgIpc) is 3.37. The highest BCUT2D eigenvalue weighted by Crippen LogP contribution is 2.19. The molecule has 0 bridgehead atoms. The van der Waals surface area contributed by atoms with Crippen LogP contribution in [0.2, 0.25) is 0 Å². The molecule has 77 heavy (non-hydrogen) atoms. The Morgan fingerprint density at radius 3 is 1.22 bits per heavy atom. The number of allylic oxidation sites excluding steroid dienone is 2. The molecule has 0 spiro atoms. The zero-order valence-corrected chi connectivity index (χ0v) is 48.2. The minimum Gasteiger partial charge on any atom is -0.391 e.